The van der Waals surface area contributed by atoms with Crippen LogP contribution in [0.3, 0.4) is 0 Å². The fraction of sp³-hybridized carbons (Fsp3) is 0.588. The van der Waals surface area contributed by atoms with E-state index in [2.05, 4.69) is 23.1 Å². The molecular formula is C17H24N2O. The minimum Gasteiger partial charge on any atom is -0.492 e. The lowest BCUT2D eigenvalue weighted by Gasteiger charge is -2.20. The van der Waals surface area contributed by atoms with E-state index in [-0.39, 0.29) is 5.41 Å². The molecule has 3 heteroatoms. The number of hydrogen-bond acceptors (Lipinski definition) is 3. The van der Waals surface area contributed by atoms with Crippen molar-refractivity contribution >= 4 is 0 Å². The largest absolute Gasteiger partial charge is 0.492 e. The molecule has 2 rings (SSSR count). The van der Waals surface area contributed by atoms with Crippen LogP contribution in [0.5, 0.6) is 5.75 Å². The molecule has 0 unspecified atom stereocenters. The minimum atomic E-state index is -0.186. The summed E-state index contributed by atoms with van der Waals surface area (Å²) in [5.74, 6) is 1.03. The zero-order valence-electron chi connectivity index (χ0n) is 12.6. The molecule has 1 aliphatic heterocycles. The van der Waals surface area contributed by atoms with Crippen molar-refractivity contribution in [1.29, 1.82) is 5.26 Å². The Morgan fingerprint density at radius 3 is 2.90 bits per heavy atom. The van der Waals surface area contributed by atoms with Gasteiger partial charge in [0.2, 0.25) is 0 Å². The van der Waals surface area contributed by atoms with Crippen LogP contribution in [-0.2, 0) is 6.54 Å². The summed E-state index contributed by atoms with van der Waals surface area (Å²) in [4.78, 5) is 2.45. The molecule has 0 radical (unpaired) electrons. The van der Waals surface area contributed by atoms with E-state index in [4.69, 9.17) is 10.00 Å². The van der Waals surface area contributed by atoms with E-state index in [0.717, 1.165) is 51.3 Å². The van der Waals surface area contributed by atoms with E-state index in [1.54, 1.807) is 0 Å². The summed E-state index contributed by atoms with van der Waals surface area (Å²) in [5.41, 5.74) is 1.09. The number of nitriles is 1. The van der Waals surface area contributed by atoms with Gasteiger partial charge in [-0.1, -0.05) is 24.6 Å². The Balaban J connectivity index is 1.79. The summed E-state index contributed by atoms with van der Waals surface area (Å²) >= 11 is 0. The van der Waals surface area contributed by atoms with E-state index >= 15 is 0 Å². The highest BCUT2D eigenvalue weighted by Crippen LogP contribution is 2.24. The second kappa shape index (κ2) is 6.76. The van der Waals surface area contributed by atoms with Crippen molar-refractivity contribution in [3.8, 4) is 11.8 Å². The Bertz CT molecular complexity index is 476. The Hall–Kier alpha value is -1.53. The summed E-state index contributed by atoms with van der Waals surface area (Å²) in [5, 5.41) is 9.01. The molecule has 0 aromatic heterocycles. The van der Waals surface area contributed by atoms with Gasteiger partial charge in [-0.3, -0.25) is 4.90 Å². The van der Waals surface area contributed by atoms with Gasteiger partial charge in [0, 0.05) is 18.7 Å². The molecule has 3 nitrogen and oxygen atoms in total. The van der Waals surface area contributed by atoms with Crippen LogP contribution in [0.15, 0.2) is 24.3 Å². The highest BCUT2D eigenvalue weighted by molar-refractivity contribution is 5.33. The first kappa shape index (κ1) is 14.9. The molecule has 0 N–H and O–H groups in total. The van der Waals surface area contributed by atoms with Crippen LogP contribution in [0, 0.1) is 16.7 Å². The number of ether oxygens (including phenoxy) is 1. The van der Waals surface area contributed by atoms with Crippen LogP contribution >= 0.6 is 0 Å². The molecule has 1 aromatic rings. The molecule has 1 aliphatic rings. The van der Waals surface area contributed by atoms with Gasteiger partial charge in [-0.05, 0) is 39.3 Å². The molecule has 108 valence electrons. The van der Waals surface area contributed by atoms with Crippen molar-refractivity contribution in [2.75, 3.05) is 19.7 Å². The second-order valence-corrected chi connectivity index (χ2v) is 6.19. The van der Waals surface area contributed by atoms with Crippen LogP contribution in [0.1, 0.15) is 38.7 Å². The second-order valence-electron chi connectivity index (χ2n) is 6.19. The molecule has 0 atom stereocenters. The molecular weight excluding hydrogens is 248 g/mol. The van der Waals surface area contributed by atoms with Gasteiger partial charge in [0.05, 0.1) is 11.5 Å². The standard InChI is InChI=1S/C17H24N2O/c1-17(2,14-18)9-5-6-10-19-11-12-20-16-8-4-3-7-15(16)13-19/h3-4,7-8H,5-6,9-13H2,1-2H3. The SMILES string of the molecule is CC(C)(C#N)CCCCN1CCOc2ccccc2C1. The van der Waals surface area contributed by atoms with Gasteiger partial charge in [-0.25, -0.2) is 0 Å². The van der Waals surface area contributed by atoms with Crippen LogP contribution in [-0.4, -0.2) is 24.6 Å². The maximum atomic E-state index is 9.01. The average molecular weight is 272 g/mol. The zero-order valence-corrected chi connectivity index (χ0v) is 12.6. The van der Waals surface area contributed by atoms with Crippen molar-refractivity contribution < 1.29 is 4.74 Å². The van der Waals surface area contributed by atoms with Gasteiger partial charge in [0.15, 0.2) is 0 Å². The third-order valence-electron chi connectivity index (χ3n) is 3.86. The van der Waals surface area contributed by atoms with E-state index in [0.29, 0.717) is 0 Å². The molecule has 1 aromatic carbocycles. The van der Waals surface area contributed by atoms with Gasteiger partial charge in [-0.15, -0.1) is 0 Å². The first-order chi connectivity index (χ1) is 9.61. The van der Waals surface area contributed by atoms with Crippen molar-refractivity contribution in [2.24, 2.45) is 5.41 Å². The van der Waals surface area contributed by atoms with E-state index in [1.807, 2.05) is 26.0 Å². The maximum absolute atomic E-state index is 9.01. The van der Waals surface area contributed by atoms with Gasteiger partial charge in [0.25, 0.3) is 0 Å². The number of unbranched alkanes of at least 4 members (excludes halogenated alkanes) is 1. The van der Waals surface area contributed by atoms with E-state index in [1.165, 1.54) is 5.56 Å². The summed E-state index contributed by atoms with van der Waals surface area (Å²) in [6.45, 7) is 7.83. The average Bonchev–Trinajstić information content (AvgIpc) is 2.65. The maximum Gasteiger partial charge on any atom is 0.123 e. The summed E-state index contributed by atoms with van der Waals surface area (Å²) in [6.07, 6.45) is 3.23. The molecule has 0 spiro atoms. The molecule has 0 saturated heterocycles. The van der Waals surface area contributed by atoms with E-state index in [9.17, 15) is 0 Å². The third kappa shape index (κ3) is 4.25. The summed E-state index contributed by atoms with van der Waals surface area (Å²) in [6, 6.07) is 10.7. The molecule has 20 heavy (non-hydrogen) atoms. The molecule has 0 fully saturated rings. The molecule has 0 saturated carbocycles. The number of rotatable bonds is 5. The smallest absolute Gasteiger partial charge is 0.123 e. The number of benzene rings is 1. The van der Waals surface area contributed by atoms with Crippen LogP contribution in [0.4, 0.5) is 0 Å². The zero-order chi connectivity index (χ0) is 14.4. The van der Waals surface area contributed by atoms with Crippen LogP contribution in [0.2, 0.25) is 0 Å². The van der Waals surface area contributed by atoms with Gasteiger partial charge in [0.1, 0.15) is 12.4 Å². The molecule has 0 bridgehead atoms. The molecule has 0 aliphatic carbocycles. The lowest BCUT2D eigenvalue weighted by Crippen LogP contribution is -2.27. The highest BCUT2D eigenvalue weighted by Gasteiger charge is 2.17. The number of nitrogens with zero attached hydrogens (tertiary/aromatic N) is 2. The van der Waals surface area contributed by atoms with Crippen molar-refractivity contribution in [1.82, 2.24) is 4.90 Å². The molecule has 1 heterocycles. The number of fused-ring (bicyclic) bond motifs is 1. The number of para-hydroxylation sites is 1. The lowest BCUT2D eigenvalue weighted by molar-refractivity contribution is 0.220. The van der Waals surface area contributed by atoms with Gasteiger partial charge in [-0.2, -0.15) is 5.26 Å². The van der Waals surface area contributed by atoms with Crippen molar-refractivity contribution in [2.45, 2.75) is 39.7 Å². The fourth-order valence-electron chi connectivity index (χ4n) is 2.53. The van der Waals surface area contributed by atoms with E-state index < -0.39 is 0 Å². The van der Waals surface area contributed by atoms with Crippen LogP contribution < -0.4 is 4.74 Å². The topological polar surface area (TPSA) is 36.3 Å². The fourth-order valence-corrected chi connectivity index (χ4v) is 2.53. The predicted molar refractivity (Wildman–Crippen MR) is 80.5 cm³/mol. The summed E-state index contributed by atoms with van der Waals surface area (Å²) in [7, 11) is 0. The van der Waals surface area contributed by atoms with Crippen molar-refractivity contribution in [3.63, 3.8) is 0 Å². The highest BCUT2D eigenvalue weighted by atomic mass is 16.5. The normalized spacial score (nSPS) is 15.8. The number of hydrogen-bond donors (Lipinski definition) is 0. The first-order valence-corrected chi connectivity index (χ1v) is 7.45. The molecule has 0 amide bonds. The third-order valence-corrected chi connectivity index (χ3v) is 3.86. The quantitative estimate of drug-likeness (QED) is 0.768. The Labute approximate surface area is 122 Å². The monoisotopic (exact) mass is 272 g/mol. The minimum absolute atomic E-state index is 0.186. The Kier molecular flexibility index (Phi) is 5.03. The Morgan fingerprint density at radius 1 is 1.30 bits per heavy atom. The lowest BCUT2D eigenvalue weighted by atomic mass is 9.89. The van der Waals surface area contributed by atoms with Gasteiger partial charge >= 0.3 is 0 Å². The predicted octanol–water partition coefficient (Wildman–Crippen LogP) is 3.60. The van der Waals surface area contributed by atoms with Crippen molar-refractivity contribution in [3.05, 3.63) is 29.8 Å². The summed E-state index contributed by atoms with van der Waals surface area (Å²) < 4.78 is 5.77. The van der Waals surface area contributed by atoms with Crippen LogP contribution in [0.25, 0.3) is 0 Å². The first-order valence-electron chi connectivity index (χ1n) is 7.45. The van der Waals surface area contributed by atoms with Gasteiger partial charge < -0.3 is 4.74 Å². The Morgan fingerprint density at radius 2 is 2.10 bits per heavy atom.